The SMILES string of the molecule is COc1cc(C=C(C)[N+](=O)[O-])cc(OC)c1OCC(F)(F)F. The number of hydrogen-bond donors (Lipinski definition) is 0. The zero-order chi connectivity index (χ0) is 16.9. The van der Waals surface area contributed by atoms with Gasteiger partial charge in [0.1, 0.15) is 0 Å². The summed E-state index contributed by atoms with van der Waals surface area (Å²) < 4.78 is 51.4. The van der Waals surface area contributed by atoms with Crippen molar-refractivity contribution in [3.63, 3.8) is 0 Å². The van der Waals surface area contributed by atoms with Gasteiger partial charge in [0.05, 0.1) is 19.1 Å². The van der Waals surface area contributed by atoms with Crippen molar-refractivity contribution in [2.24, 2.45) is 0 Å². The maximum absolute atomic E-state index is 12.3. The third kappa shape index (κ3) is 4.83. The van der Waals surface area contributed by atoms with Gasteiger partial charge in [-0.15, -0.1) is 0 Å². The Bertz CT molecular complexity index is 559. The molecule has 0 radical (unpaired) electrons. The molecule has 0 aliphatic heterocycles. The van der Waals surface area contributed by atoms with E-state index >= 15 is 0 Å². The highest BCUT2D eigenvalue weighted by atomic mass is 19.4. The smallest absolute Gasteiger partial charge is 0.422 e. The topological polar surface area (TPSA) is 70.8 Å². The van der Waals surface area contributed by atoms with Crippen LogP contribution >= 0.6 is 0 Å². The van der Waals surface area contributed by atoms with Crippen molar-refractivity contribution < 1.29 is 32.3 Å². The molecule has 22 heavy (non-hydrogen) atoms. The first kappa shape index (κ1) is 17.6. The molecular weight excluding hydrogens is 307 g/mol. The van der Waals surface area contributed by atoms with Crippen LogP contribution in [0.15, 0.2) is 17.8 Å². The van der Waals surface area contributed by atoms with Gasteiger partial charge in [-0.3, -0.25) is 10.1 Å². The lowest BCUT2D eigenvalue weighted by Gasteiger charge is -2.16. The predicted molar refractivity (Wildman–Crippen MR) is 71.7 cm³/mol. The second kappa shape index (κ2) is 7.01. The van der Waals surface area contributed by atoms with Gasteiger partial charge in [0, 0.05) is 13.0 Å². The van der Waals surface area contributed by atoms with Crippen LogP contribution in [0.25, 0.3) is 6.08 Å². The molecule has 0 aromatic heterocycles. The minimum atomic E-state index is -4.52. The number of nitro groups is 1. The minimum Gasteiger partial charge on any atom is -0.493 e. The highest BCUT2D eigenvalue weighted by Gasteiger charge is 2.30. The normalized spacial score (nSPS) is 12.0. The lowest BCUT2D eigenvalue weighted by atomic mass is 10.1. The molecule has 122 valence electrons. The number of nitrogens with zero attached hydrogens (tertiary/aromatic N) is 1. The number of allylic oxidation sites excluding steroid dienone is 1. The molecule has 1 aromatic rings. The van der Waals surface area contributed by atoms with E-state index in [0.717, 1.165) is 0 Å². The summed E-state index contributed by atoms with van der Waals surface area (Å²) in [5, 5.41) is 10.6. The quantitative estimate of drug-likeness (QED) is 0.594. The molecule has 0 heterocycles. The molecule has 6 nitrogen and oxygen atoms in total. The van der Waals surface area contributed by atoms with Crippen LogP contribution in [-0.4, -0.2) is 31.9 Å². The van der Waals surface area contributed by atoms with Crippen LogP contribution in [-0.2, 0) is 0 Å². The van der Waals surface area contributed by atoms with Gasteiger partial charge in [0.25, 0.3) is 0 Å². The summed E-state index contributed by atoms with van der Waals surface area (Å²) in [6, 6.07) is 2.64. The van der Waals surface area contributed by atoms with Crippen molar-refractivity contribution in [2.45, 2.75) is 13.1 Å². The molecule has 1 aromatic carbocycles. The molecule has 0 aliphatic rings. The number of rotatable bonds is 6. The number of hydrogen-bond acceptors (Lipinski definition) is 5. The standard InChI is InChI=1S/C13H14F3NO5/c1-8(17(18)19)4-9-5-10(20-2)12(11(6-9)21-3)22-7-13(14,15)16/h4-6H,7H2,1-3H3. The minimum absolute atomic E-state index is 0.0222. The molecule has 0 amide bonds. The number of halogens is 3. The maximum Gasteiger partial charge on any atom is 0.422 e. The van der Waals surface area contributed by atoms with Gasteiger partial charge >= 0.3 is 6.18 Å². The van der Waals surface area contributed by atoms with Gasteiger partial charge in [-0.25, -0.2) is 0 Å². The average Bonchev–Trinajstić information content (AvgIpc) is 2.43. The Morgan fingerprint density at radius 2 is 1.77 bits per heavy atom. The van der Waals surface area contributed by atoms with E-state index in [1.54, 1.807) is 0 Å². The molecule has 0 bridgehead atoms. The Labute approximate surface area is 124 Å². The van der Waals surface area contributed by atoms with E-state index in [-0.39, 0.29) is 22.9 Å². The van der Waals surface area contributed by atoms with Crippen LogP contribution in [0.5, 0.6) is 17.2 Å². The van der Waals surface area contributed by atoms with Gasteiger partial charge in [-0.05, 0) is 17.7 Å². The van der Waals surface area contributed by atoms with Crippen molar-refractivity contribution in [1.82, 2.24) is 0 Å². The van der Waals surface area contributed by atoms with Crippen LogP contribution in [0.1, 0.15) is 12.5 Å². The third-order valence-electron chi connectivity index (χ3n) is 2.53. The number of benzene rings is 1. The van der Waals surface area contributed by atoms with Gasteiger partial charge in [-0.2, -0.15) is 13.2 Å². The van der Waals surface area contributed by atoms with Crippen LogP contribution < -0.4 is 14.2 Å². The molecule has 9 heteroatoms. The molecular formula is C13H14F3NO5. The van der Waals surface area contributed by atoms with E-state index in [0.29, 0.717) is 5.56 Å². The fourth-order valence-corrected chi connectivity index (χ4v) is 1.57. The Hall–Kier alpha value is -2.45. The molecule has 0 saturated heterocycles. The van der Waals surface area contributed by atoms with Crippen LogP contribution in [0.4, 0.5) is 13.2 Å². The fourth-order valence-electron chi connectivity index (χ4n) is 1.57. The number of alkyl halides is 3. The van der Waals surface area contributed by atoms with E-state index in [1.165, 1.54) is 39.4 Å². The lowest BCUT2D eigenvalue weighted by molar-refractivity contribution is -0.422. The largest absolute Gasteiger partial charge is 0.493 e. The maximum atomic E-state index is 12.3. The third-order valence-corrected chi connectivity index (χ3v) is 2.53. The van der Waals surface area contributed by atoms with E-state index in [1.807, 2.05) is 0 Å². The van der Waals surface area contributed by atoms with E-state index in [9.17, 15) is 23.3 Å². The van der Waals surface area contributed by atoms with Crippen molar-refractivity contribution in [3.05, 3.63) is 33.5 Å². The van der Waals surface area contributed by atoms with Crippen LogP contribution in [0.3, 0.4) is 0 Å². The van der Waals surface area contributed by atoms with Crippen LogP contribution in [0.2, 0.25) is 0 Å². The second-order valence-corrected chi connectivity index (χ2v) is 4.20. The fraction of sp³-hybridized carbons (Fsp3) is 0.385. The summed E-state index contributed by atoms with van der Waals surface area (Å²) in [7, 11) is 2.48. The van der Waals surface area contributed by atoms with Gasteiger partial charge in [0.2, 0.25) is 11.4 Å². The van der Waals surface area contributed by atoms with Gasteiger partial charge in [0.15, 0.2) is 18.1 Å². The summed E-state index contributed by atoms with van der Waals surface area (Å²) >= 11 is 0. The molecule has 1 rings (SSSR count). The molecule has 0 atom stereocenters. The Morgan fingerprint density at radius 3 is 2.14 bits per heavy atom. The van der Waals surface area contributed by atoms with Crippen molar-refractivity contribution in [3.8, 4) is 17.2 Å². The summed E-state index contributed by atoms with van der Waals surface area (Å²) in [6.07, 6.45) is -3.28. The Kier molecular flexibility index (Phi) is 5.61. The highest BCUT2D eigenvalue weighted by Crippen LogP contribution is 2.39. The first-order valence-electron chi connectivity index (χ1n) is 5.96. The Balaban J connectivity index is 3.24. The molecule has 0 aliphatic carbocycles. The average molecular weight is 321 g/mol. The van der Waals surface area contributed by atoms with Crippen molar-refractivity contribution >= 4 is 6.08 Å². The second-order valence-electron chi connectivity index (χ2n) is 4.20. The number of methoxy groups -OCH3 is 2. The van der Waals surface area contributed by atoms with Gasteiger partial charge in [-0.1, -0.05) is 0 Å². The molecule has 0 unspecified atom stereocenters. The first-order chi connectivity index (χ1) is 10.2. The predicted octanol–water partition coefficient (Wildman–Crippen LogP) is 3.28. The van der Waals surface area contributed by atoms with Crippen molar-refractivity contribution in [1.29, 1.82) is 0 Å². The van der Waals surface area contributed by atoms with E-state index < -0.39 is 17.7 Å². The molecule has 0 spiro atoms. The highest BCUT2D eigenvalue weighted by molar-refractivity contribution is 5.62. The van der Waals surface area contributed by atoms with E-state index in [4.69, 9.17) is 14.2 Å². The summed E-state index contributed by atoms with van der Waals surface area (Å²) in [6.45, 7) is -0.226. The lowest BCUT2D eigenvalue weighted by Crippen LogP contribution is -2.19. The van der Waals surface area contributed by atoms with Gasteiger partial charge < -0.3 is 14.2 Å². The van der Waals surface area contributed by atoms with Crippen LogP contribution in [0, 0.1) is 10.1 Å². The molecule has 0 saturated carbocycles. The first-order valence-corrected chi connectivity index (χ1v) is 5.96. The summed E-state index contributed by atoms with van der Waals surface area (Å²) in [4.78, 5) is 10.0. The summed E-state index contributed by atoms with van der Waals surface area (Å²) in [5.74, 6) is -0.268. The molecule has 0 fully saturated rings. The zero-order valence-electron chi connectivity index (χ0n) is 12.1. The Morgan fingerprint density at radius 1 is 1.27 bits per heavy atom. The number of ether oxygens (including phenoxy) is 3. The molecule has 0 N–H and O–H groups in total. The summed E-state index contributed by atoms with van der Waals surface area (Å²) in [5.41, 5.74) is 0.190. The monoisotopic (exact) mass is 321 g/mol. The van der Waals surface area contributed by atoms with E-state index in [2.05, 4.69) is 0 Å². The van der Waals surface area contributed by atoms with Crippen molar-refractivity contribution in [2.75, 3.05) is 20.8 Å². The zero-order valence-corrected chi connectivity index (χ0v) is 12.1.